The molecule has 3 heterocycles. The maximum Gasteiger partial charge on any atom is 0.319 e. The number of nitrogens with zero attached hydrogens (tertiary/aromatic N) is 2. The molecular formula is C28H27N5O3. The SMILES string of the molecule is COc1ccccc1-c1c[nH]c2ncc(-c3cccc(C4NC(=O)NC(C)=C4C(=O)N(C)C)c3)cc12. The van der Waals surface area contributed by atoms with E-state index in [0.29, 0.717) is 11.3 Å². The number of fused-ring (bicyclic) bond motifs is 1. The van der Waals surface area contributed by atoms with E-state index in [-0.39, 0.29) is 11.9 Å². The second kappa shape index (κ2) is 9.22. The first-order chi connectivity index (χ1) is 17.4. The number of H-pyrrole nitrogens is 1. The Balaban J connectivity index is 1.58. The predicted molar refractivity (Wildman–Crippen MR) is 139 cm³/mol. The van der Waals surface area contributed by atoms with E-state index >= 15 is 0 Å². The van der Waals surface area contributed by atoms with Crippen molar-refractivity contribution in [3.8, 4) is 28.0 Å². The summed E-state index contributed by atoms with van der Waals surface area (Å²) in [5, 5.41) is 6.59. The first kappa shape index (κ1) is 23.2. The maximum atomic E-state index is 12.9. The normalized spacial score (nSPS) is 15.4. The van der Waals surface area contributed by atoms with Crippen LogP contribution in [0.1, 0.15) is 18.5 Å². The van der Waals surface area contributed by atoms with Gasteiger partial charge in [0, 0.05) is 54.3 Å². The molecule has 1 atom stereocenters. The molecular weight excluding hydrogens is 454 g/mol. The van der Waals surface area contributed by atoms with Gasteiger partial charge in [-0.25, -0.2) is 9.78 Å². The summed E-state index contributed by atoms with van der Waals surface area (Å²) in [7, 11) is 5.06. The summed E-state index contributed by atoms with van der Waals surface area (Å²) < 4.78 is 5.57. The summed E-state index contributed by atoms with van der Waals surface area (Å²) in [5.41, 5.74) is 6.46. The molecule has 1 unspecified atom stereocenters. The minimum Gasteiger partial charge on any atom is -0.496 e. The number of hydrogen-bond donors (Lipinski definition) is 3. The Hall–Kier alpha value is -4.59. The summed E-state index contributed by atoms with van der Waals surface area (Å²) in [6.45, 7) is 1.75. The van der Waals surface area contributed by atoms with E-state index in [4.69, 9.17) is 4.74 Å². The summed E-state index contributed by atoms with van der Waals surface area (Å²) in [5.74, 6) is 0.625. The van der Waals surface area contributed by atoms with Crippen LogP contribution in [0.5, 0.6) is 5.75 Å². The number of methoxy groups -OCH3 is 1. The molecule has 8 heteroatoms. The highest BCUT2D eigenvalue weighted by Gasteiger charge is 2.32. The summed E-state index contributed by atoms with van der Waals surface area (Å²) >= 11 is 0. The van der Waals surface area contributed by atoms with Gasteiger partial charge in [0.05, 0.1) is 18.7 Å². The van der Waals surface area contributed by atoms with Gasteiger partial charge in [-0.05, 0) is 36.2 Å². The van der Waals surface area contributed by atoms with E-state index in [1.165, 1.54) is 4.90 Å². The van der Waals surface area contributed by atoms with E-state index in [2.05, 4.69) is 26.7 Å². The molecule has 2 aromatic heterocycles. The van der Waals surface area contributed by atoms with Gasteiger partial charge in [-0.15, -0.1) is 0 Å². The lowest BCUT2D eigenvalue weighted by Crippen LogP contribution is -2.46. The Morgan fingerprint density at radius 1 is 1.03 bits per heavy atom. The van der Waals surface area contributed by atoms with E-state index in [1.807, 2.05) is 60.9 Å². The van der Waals surface area contributed by atoms with Crippen LogP contribution < -0.4 is 15.4 Å². The van der Waals surface area contributed by atoms with Crippen molar-refractivity contribution in [2.24, 2.45) is 0 Å². The number of nitrogens with one attached hydrogen (secondary N) is 3. The highest BCUT2D eigenvalue weighted by molar-refractivity contribution is 5.99. The second-order valence-corrected chi connectivity index (χ2v) is 8.92. The fourth-order valence-corrected chi connectivity index (χ4v) is 4.62. The Labute approximate surface area is 209 Å². The topological polar surface area (TPSA) is 99.3 Å². The number of allylic oxidation sites excluding steroid dienone is 1. The minimum atomic E-state index is -0.568. The van der Waals surface area contributed by atoms with Gasteiger partial charge in [0.25, 0.3) is 5.91 Å². The minimum absolute atomic E-state index is 0.160. The van der Waals surface area contributed by atoms with Crippen molar-refractivity contribution in [3.05, 3.63) is 83.8 Å². The number of amides is 3. The average molecular weight is 482 g/mol. The third-order valence-electron chi connectivity index (χ3n) is 6.39. The van der Waals surface area contributed by atoms with Crippen molar-refractivity contribution in [1.82, 2.24) is 25.5 Å². The molecule has 4 aromatic rings. The van der Waals surface area contributed by atoms with Gasteiger partial charge in [0.1, 0.15) is 11.4 Å². The number of likely N-dealkylation sites (N-methyl/N-ethyl adjacent to an activating group) is 1. The van der Waals surface area contributed by atoms with Gasteiger partial charge in [0.15, 0.2) is 0 Å². The van der Waals surface area contributed by atoms with Crippen molar-refractivity contribution in [2.45, 2.75) is 13.0 Å². The lowest BCUT2D eigenvalue weighted by atomic mass is 9.92. The van der Waals surface area contributed by atoms with Crippen LogP contribution in [0.4, 0.5) is 4.79 Å². The predicted octanol–water partition coefficient (Wildman–Crippen LogP) is 4.62. The van der Waals surface area contributed by atoms with Crippen LogP contribution in [0.2, 0.25) is 0 Å². The van der Waals surface area contributed by atoms with E-state index < -0.39 is 6.04 Å². The quantitative estimate of drug-likeness (QED) is 0.387. The lowest BCUT2D eigenvalue weighted by molar-refractivity contribution is -0.125. The Morgan fingerprint density at radius 3 is 2.61 bits per heavy atom. The number of aromatic amines is 1. The Morgan fingerprint density at radius 2 is 1.83 bits per heavy atom. The molecule has 3 amide bonds. The number of hydrogen-bond acceptors (Lipinski definition) is 4. The maximum absolute atomic E-state index is 12.9. The number of urea groups is 1. The molecule has 0 saturated heterocycles. The zero-order valence-corrected chi connectivity index (χ0v) is 20.5. The monoisotopic (exact) mass is 481 g/mol. The molecule has 2 aromatic carbocycles. The van der Waals surface area contributed by atoms with Gasteiger partial charge < -0.3 is 25.3 Å². The van der Waals surface area contributed by atoms with Crippen LogP contribution in [0.15, 0.2) is 78.3 Å². The number of carbonyl (C=O) groups excluding carboxylic acids is 2. The summed E-state index contributed by atoms with van der Waals surface area (Å²) in [6.07, 6.45) is 3.75. The van der Waals surface area contributed by atoms with Crippen LogP contribution in [0.3, 0.4) is 0 Å². The molecule has 0 fully saturated rings. The molecule has 8 nitrogen and oxygen atoms in total. The lowest BCUT2D eigenvalue weighted by Gasteiger charge is -2.30. The number of aromatic nitrogens is 2. The molecule has 5 rings (SSSR count). The average Bonchev–Trinajstić information content (AvgIpc) is 3.31. The molecule has 0 aliphatic carbocycles. The van der Waals surface area contributed by atoms with Crippen LogP contribution in [0, 0.1) is 0 Å². The zero-order valence-electron chi connectivity index (χ0n) is 20.5. The fourth-order valence-electron chi connectivity index (χ4n) is 4.62. The van der Waals surface area contributed by atoms with Crippen LogP contribution in [-0.4, -0.2) is 48.0 Å². The standard InChI is InChI=1S/C28H27N5O3/c1-16-24(27(34)33(2)3)25(32-28(35)31-16)18-9-7-8-17(12-18)19-13-21-22(15-30-26(21)29-14-19)20-10-5-6-11-23(20)36-4/h5-15,25H,1-4H3,(H,29,30)(H2,31,32,35). The summed E-state index contributed by atoms with van der Waals surface area (Å²) in [6, 6.07) is 16.9. The number of para-hydroxylation sites is 1. The first-order valence-electron chi connectivity index (χ1n) is 11.6. The second-order valence-electron chi connectivity index (χ2n) is 8.92. The highest BCUT2D eigenvalue weighted by Crippen LogP contribution is 2.36. The molecule has 0 radical (unpaired) electrons. The number of pyridine rings is 1. The molecule has 182 valence electrons. The third kappa shape index (κ3) is 4.07. The Kier molecular flexibility index (Phi) is 5.93. The third-order valence-corrected chi connectivity index (χ3v) is 6.39. The number of ether oxygens (including phenoxy) is 1. The van der Waals surface area contributed by atoms with E-state index in [1.54, 1.807) is 28.1 Å². The molecule has 0 saturated carbocycles. The molecule has 1 aliphatic heterocycles. The highest BCUT2D eigenvalue weighted by atomic mass is 16.5. The largest absolute Gasteiger partial charge is 0.496 e. The van der Waals surface area contributed by atoms with Gasteiger partial charge in [-0.1, -0.05) is 36.4 Å². The fraction of sp³-hybridized carbons (Fsp3) is 0.179. The van der Waals surface area contributed by atoms with E-state index in [9.17, 15) is 9.59 Å². The molecule has 3 N–H and O–H groups in total. The summed E-state index contributed by atoms with van der Waals surface area (Å²) in [4.78, 5) is 34.6. The van der Waals surface area contributed by atoms with Gasteiger partial charge in [-0.2, -0.15) is 0 Å². The zero-order chi connectivity index (χ0) is 25.4. The number of rotatable bonds is 5. The van der Waals surface area contributed by atoms with Crippen LogP contribution >= 0.6 is 0 Å². The molecule has 0 bridgehead atoms. The van der Waals surface area contributed by atoms with Gasteiger partial charge >= 0.3 is 6.03 Å². The van der Waals surface area contributed by atoms with Crippen molar-refractivity contribution in [3.63, 3.8) is 0 Å². The van der Waals surface area contributed by atoms with Crippen molar-refractivity contribution in [2.75, 3.05) is 21.2 Å². The van der Waals surface area contributed by atoms with E-state index in [0.717, 1.165) is 44.6 Å². The van der Waals surface area contributed by atoms with Crippen LogP contribution in [0.25, 0.3) is 33.3 Å². The molecule has 1 aliphatic rings. The van der Waals surface area contributed by atoms with Crippen molar-refractivity contribution >= 4 is 23.0 Å². The van der Waals surface area contributed by atoms with Crippen molar-refractivity contribution in [1.29, 1.82) is 0 Å². The Bertz CT molecular complexity index is 1520. The molecule has 0 spiro atoms. The number of carbonyl (C=O) groups is 2. The first-order valence-corrected chi connectivity index (χ1v) is 11.6. The number of benzene rings is 2. The van der Waals surface area contributed by atoms with Crippen molar-refractivity contribution < 1.29 is 14.3 Å². The van der Waals surface area contributed by atoms with Gasteiger partial charge in [0.2, 0.25) is 0 Å². The van der Waals surface area contributed by atoms with Gasteiger partial charge in [-0.3, -0.25) is 4.79 Å². The smallest absolute Gasteiger partial charge is 0.319 e. The van der Waals surface area contributed by atoms with Crippen LogP contribution in [-0.2, 0) is 4.79 Å². The molecule has 36 heavy (non-hydrogen) atoms.